The molecular weight excluding hydrogens is 238 g/mol. The number of aryl methyl sites for hydroxylation is 1. The summed E-state index contributed by atoms with van der Waals surface area (Å²) in [7, 11) is 0. The number of hydrogen-bond acceptors (Lipinski definition) is 4. The van der Waals surface area contributed by atoms with Gasteiger partial charge in [-0.3, -0.25) is 0 Å². The molecule has 5 heteroatoms. The van der Waals surface area contributed by atoms with Crippen LogP contribution in [0.2, 0.25) is 5.15 Å². The van der Waals surface area contributed by atoms with Crippen molar-refractivity contribution >= 4 is 22.8 Å². The Balaban J connectivity index is 2.26. The third-order valence-corrected chi connectivity index (χ3v) is 2.80. The molecular formula is C12H8ClN3O. The zero-order valence-corrected chi connectivity index (χ0v) is 9.77. The summed E-state index contributed by atoms with van der Waals surface area (Å²) in [6.07, 6.45) is 1.36. The van der Waals surface area contributed by atoms with Gasteiger partial charge < -0.3 is 4.42 Å². The van der Waals surface area contributed by atoms with Crippen molar-refractivity contribution in [1.82, 2.24) is 15.0 Å². The van der Waals surface area contributed by atoms with Crippen molar-refractivity contribution in [1.29, 1.82) is 0 Å². The van der Waals surface area contributed by atoms with E-state index >= 15 is 0 Å². The zero-order chi connectivity index (χ0) is 11.8. The first-order valence-corrected chi connectivity index (χ1v) is 5.46. The van der Waals surface area contributed by atoms with E-state index in [-0.39, 0.29) is 0 Å². The molecule has 0 fully saturated rings. The highest BCUT2D eigenvalue weighted by molar-refractivity contribution is 6.33. The van der Waals surface area contributed by atoms with Crippen molar-refractivity contribution < 1.29 is 4.42 Å². The number of benzene rings is 1. The second-order valence-corrected chi connectivity index (χ2v) is 4.01. The van der Waals surface area contributed by atoms with Crippen molar-refractivity contribution in [3.05, 3.63) is 41.3 Å². The van der Waals surface area contributed by atoms with E-state index in [2.05, 4.69) is 15.0 Å². The summed E-state index contributed by atoms with van der Waals surface area (Å²) in [4.78, 5) is 12.2. The summed E-state index contributed by atoms with van der Waals surface area (Å²) in [6, 6.07) is 7.84. The van der Waals surface area contributed by atoms with Gasteiger partial charge in [-0.25, -0.2) is 9.97 Å². The van der Waals surface area contributed by atoms with Gasteiger partial charge in [0, 0.05) is 5.56 Å². The minimum atomic E-state index is 0.304. The summed E-state index contributed by atoms with van der Waals surface area (Å²) in [5.74, 6) is 0.514. The molecule has 0 saturated carbocycles. The minimum Gasteiger partial charge on any atom is -0.417 e. The molecule has 1 aromatic carbocycles. The summed E-state index contributed by atoms with van der Waals surface area (Å²) < 4.78 is 5.57. The van der Waals surface area contributed by atoms with E-state index in [0.717, 1.165) is 11.1 Å². The largest absolute Gasteiger partial charge is 0.417 e. The average molecular weight is 246 g/mol. The van der Waals surface area contributed by atoms with Gasteiger partial charge in [0.2, 0.25) is 5.89 Å². The maximum atomic E-state index is 5.92. The van der Waals surface area contributed by atoms with E-state index in [1.54, 1.807) is 0 Å². The molecule has 0 atom stereocenters. The van der Waals surface area contributed by atoms with E-state index in [4.69, 9.17) is 16.0 Å². The molecule has 4 nitrogen and oxygen atoms in total. The molecule has 84 valence electrons. The zero-order valence-electron chi connectivity index (χ0n) is 9.01. The van der Waals surface area contributed by atoms with Gasteiger partial charge in [-0.15, -0.1) is 0 Å². The van der Waals surface area contributed by atoms with Crippen LogP contribution in [0, 0.1) is 6.92 Å². The molecule has 0 aliphatic carbocycles. The predicted octanol–water partition coefficient (Wildman–Crippen LogP) is 3.25. The van der Waals surface area contributed by atoms with Crippen molar-refractivity contribution in [2.75, 3.05) is 0 Å². The Morgan fingerprint density at radius 3 is 2.76 bits per heavy atom. The van der Waals surface area contributed by atoms with Crippen LogP contribution >= 0.6 is 11.6 Å². The molecule has 0 spiro atoms. The van der Waals surface area contributed by atoms with Gasteiger partial charge in [-0.05, 0) is 18.6 Å². The van der Waals surface area contributed by atoms with Gasteiger partial charge in [-0.1, -0.05) is 29.8 Å². The molecule has 0 aliphatic rings. The fraction of sp³-hybridized carbons (Fsp3) is 0.0833. The first-order chi connectivity index (χ1) is 8.25. The van der Waals surface area contributed by atoms with Gasteiger partial charge in [0.05, 0.1) is 0 Å². The van der Waals surface area contributed by atoms with Crippen LogP contribution in [0.15, 0.2) is 35.0 Å². The van der Waals surface area contributed by atoms with Crippen LogP contribution in [0.1, 0.15) is 5.56 Å². The van der Waals surface area contributed by atoms with Gasteiger partial charge in [0.25, 0.3) is 5.71 Å². The fourth-order valence-corrected chi connectivity index (χ4v) is 1.82. The molecule has 3 aromatic rings. The molecule has 2 heterocycles. The van der Waals surface area contributed by atoms with E-state index in [9.17, 15) is 0 Å². The van der Waals surface area contributed by atoms with Gasteiger partial charge in [0.1, 0.15) is 6.33 Å². The number of rotatable bonds is 1. The summed E-state index contributed by atoms with van der Waals surface area (Å²) in [5, 5.41) is 0.304. The molecule has 2 aromatic heterocycles. The molecule has 0 radical (unpaired) electrons. The lowest BCUT2D eigenvalue weighted by atomic mass is 10.1. The van der Waals surface area contributed by atoms with E-state index in [0.29, 0.717) is 22.3 Å². The number of fused-ring (bicyclic) bond motifs is 1. The molecule has 3 rings (SSSR count). The first kappa shape index (κ1) is 10.2. The Kier molecular flexibility index (Phi) is 2.30. The number of hydrogen-bond donors (Lipinski definition) is 0. The molecule has 0 N–H and O–H groups in total. The molecule has 0 aliphatic heterocycles. The van der Waals surface area contributed by atoms with Crippen LogP contribution in [-0.2, 0) is 0 Å². The van der Waals surface area contributed by atoms with Gasteiger partial charge in [-0.2, -0.15) is 4.98 Å². The van der Waals surface area contributed by atoms with E-state index in [1.807, 2.05) is 31.2 Å². The molecule has 0 bridgehead atoms. The third kappa shape index (κ3) is 1.66. The number of halogens is 1. The summed E-state index contributed by atoms with van der Waals surface area (Å²) in [5.41, 5.74) is 2.92. The normalized spacial score (nSPS) is 10.9. The lowest BCUT2D eigenvalue weighted by molar-refractivity contribution is 0.606. The highest BCUT2D eigenvalue weighted by Crippen LogP contribution is 2.27. The number of nitrogens with zero attached hydrogens (tertiary/aromatic N) is 3. The highest BCUT2D eigenvalue weighted by atomic mass is 35.5. The number of oxazole rings is 1. The van der Waals surface area contributed by atoms with Gasteiger partial charge in [0.15, 0.2) is 10.7 Å². The van der Waals surface area contributed by atoms with Crippen molar-refractivity contribution in [3.8, 4) is 11.5 Å². The third-order valence-electron chi connectivity index (χ3n) is 2.53. The SMILES string of the molecule is Cc1ccccc1-c1nc2c(Cl)ncnc2o1. The second-order valence-electron chi connectivity index (χ2n) is 3.65. The Morgan fingerprint density at radius 1 is 1.18 bits per heavy atom. The predicted molar refractivity (Wildman–Crippen MR) is 64.8 cm³/mol. The molecule has 17 heavy (non-hydrogen) atoms. The van der Waals surface area contributed by atoms with Crippen LogP contribution in [0.25, 0.3) is 22.7 Å². The van der Waals surface area contributed by atoms with Crippen LogP contribution < -0.4 is 0 Å². The van der Waals surface area contributed by atoms with Crippen LogP contribution in [-0.4, -0.2) is 15.0 Å². The van der Waals surface area contributed by atoms with Crippen LogP contribution in [0.5, 0.6) is 0 Å². The second kappa shape index (κ2) is 3.82. The van der Waals surface area contributed by atoms with Crippen LogP contribution in [0.4, 0.5) is 0 Å². The molecule has 0 saturated heterocycles. The van der Waals surface area contributed by atoms with E-state index < -0.39 is 0 Å². The van der Waals surface area contributed by atoms with E-state index in [1.165, 1.54) is 6.33 Å². The summed E-state index contributed by atoms with van der Waals surface area (Å²) in [6.45, 7) is 2.00. The maximum absolute atomic E-state index is 5.92. The fourth-order valence-electron chi connectivity index (χ4n) is 1.66. The monoisotopic (exact) mass is 245 g/mol. The van der Waals surface area contributed by atoms with Crippen molar-refractivity contribution in [2.24, 2.45) is 0 Å². The topological polar surface area (TPSA) is 51.8 Å². The van der Waals surface area contributed by atoms with Crippen molar-refractivity contribution in [2.45, 2.75) is 6.92 Å². The Morgan fingerprint density at radius 2 is 2.00 bits per heavy atom. The maximum Gasteiger partial charge on any atom is 0.252 e. The lowest BCUT2D eigenvalue weighted by Crippen LogP contribution is -1.82. The van der Waals surface area contributed by atoms with Crippen LogP contribution in [0.3, 0.4) is 0 Å². The lowest BCUT2D eigenvalue weighted by Gasteiger charge is -1.98. The Labute approximate surface area is 102 Å². The molecule has 0 amide bonds. The number of aromatic nitrogens is 3. The Hall–Kier alpha value is -1.94. The highest BCUT2D eigenvalue weighted by Gasteiger charge is 2.13. The minimum absolute atomic E-state index is 0.304. The summed E-state index contributed by atoms with van der Waals surface area (Å²) >= 11 is 5.92. The van der Waals surface area contributed by atoms with Gasteiger partial charge >= 0.3 is 0 Å². The molecule has 0 unspecified atom stereocenters. The smallest absolute Gasteiger partial charge is 0.252 e. The van der Waals surface area contributed by atoms with Crippen molar-refractivity contribution in [3.63, 3.8) is 0 Å². The standard InChI is InChI=1S/C12H8ClN3O/c1-7-4-2-3-5-8(7)11-16-9-10(13)14-6-15-12(9)17-11/h2-6H,1H3. The quantitative estimate of drug-likeness (QED) is 0.618. The Bertz CT molecular complexity index is 693. The first-order valence-electron chi connectivity index (χ1n) is 5.09. The average Bonchev–Trinajstić information content (AvgIpc) is 2.75.